The lowest BCUT2D eigenvalue weighted by Gasteiger charge is -2.22. The molecule has 1 heterocycles. The van der Waals surface area contributed by atoms with Crippen LogP contribution in [0.3, 0.4) is 0 Å². The van der Waals surface area contributed by atoms with Crippen LogP contribution in [0.5, 0.6) is 0 Å². The molecule has 0 aromatic heterocycles. The van der Waals surface area contributed by atoms with Crippen molar-refractivity contribution in [3.05, 3.63) is 65.7 Å². The molecule has 0 radical (unpaired) electrons. The van der Waals surface area contributed by atoms with Gasteiger partial charge in [0.1, 0.15) is 0 Å². The van der Waals surface area contributed by atoms with Gasteiger partial charge in [0.2, 0.25) is 0 Å². The van der Waals surface area contributed by atoms with Crippen molar-refractivity contribution < 1.29 is 9.90 Å². The minimum atomic E-state index is -1.56. The van der Waals surface area contributed by atoms with E-state index in [1.807, 2.05) is 36.4 Å². The number of hydrogen-bond acceptors (Lipinski definition) is 2. The van der Waals surface area contributed by atoms with E-state index < -0.39 is 5.60 Å². The molecule has 90 valence electrons. The second-order valence-corrected chi connectivity index (χ2v) is 4.46. The average Bonchev–Trinajstić information content (AvgIpc) is 2.64. The van der Waals surface area contributed by atoms with Crippen molar-refractivity contribution in [1.82, 2.24) is 0 Å². The molecule has 0 saturated carbocycles. The fraction of sp³-hybridized carbons (Fsp3) is 0.133. The van der Waals surface area contributed by atoms with Gasteiger partial charge in [-0.2, -0.15) is 0 Å². The molecule has 18 heavy (non-hydrogen) atoms. The molecular weight excluding hydrogens is 228 g/mol. The zero-order chi connectivity index (χ0) is 12.8. The quantitative estimate of drug-likeness (QED) is 0.775. The summed E-state index contributed by atoms with van der Waals surface area (Å²) >= 11 is 0. The predicted octanol–water partition coefficient (Wildman–Crippen LogP) is 1.90. The monoisotopic (exact) mass is 241 g/mol. The number of amides is 1. The summed E-state index contributed by atoms with van der Waals surface area (Å²) in [5, 5.41) is 10.9. The van der Waals surface area contributed by atoms with Crippen LogP contribution in [-0.4, -0.2) is 18.1 Å². The van der Waals surface area contributed by atoms with Gasteiger partial charge in [-0.3, -0.25) is 4.79 Å². The van der Waals surface area contributed by atoms with Crippen LogP contribution in [-0.2, 0) is 10.4 Å². The van der Waals surface area contributed by atoms with E-state index in [0.717, 1.165) is 5.69 Å². The summed E-state index contributed by atoms with van der Waals surface area (Å²) in [7, 11) is 1.68. The average molecular weight is 241 g/mol. The summed E-state index contributed by atoms with van der Waals surface area (Å²) in [4.78, 5) is 13.9. The number of fused-ring (bicyclic) bond motifs is 1. The van der Waals surface area contributed by atoms with E-state index in [4.69, 9.17) is 0 Å². The number of rotatable bonds is 1. The predicted molar refractivity (Wildman–Crippen MR) is 69.3 cm³/mol. The Morgan fingerprint density at radius 3 is 2.33 bits per heavy atom. The molecule has 1 aliphatic heterocycles. The van der Waals surface area contributed by atoms with Gasteiger partial charge >= 0.3 is 0 Å². The first-order valence-corrected chi connectivity index (χ1v) is 5.81. The SMILES string of the molecule is CN1C(=[18O])C(O)(c2ccccc2)c2ccccc21. The van der Waals surface area contributed by atoms with Gasteiger partial charge in [0.05, 0.1) is 5.69 Å². The summed E-state index contributed by atoms with van der Waals surface area (Å²) in [6.45, 7) is 0. The van der Waals surface area contributed by atoms with Crippen molar-refractivity contribution in [2.45, 2.75) is 5.60 Å². The van der Waals surface area contributed by atoms with Gasteiger partial charge in [0, 0.05) is 12.6 Å². The van der Waals surface area contributed by atoms with Gasteiger partial charge in [0.25, 0.3) is 5.91 Å². The summed E-state index contributed by atoms with van der Waals surface area (Å²) < 4.78 is 0. The van der Waals surface area contributed by atoms with E-state index in [-0.39, 0.29) is 5.91 Å². The highest BCUT2D eigenvalue weighted by molar-refractivity contribution is 6.08. The molecule has 2 aromatic rings. The van der Waals surface area contributed by atoms with Crippen LogP contribution >= 0.6 is 0 Å². The van der Waals surface area contributed by atoms with E-state index in [1.165, 1.54) is 4.90 Å². The molecule has 1 unspecified atom stereocenters. The molecule has 2 aromatic carbocycles. The third kappa shape index (κ3) is 1.25. The number of hydrogen-bond donors (Lipinski definition) is 1. The Bertz CT molecular complexity index is 609. The molecule has 3 heteroatoms. The highest BCUT2D eigenvalue weighted by Crippen LogP contribution is 2.43. The van der Waals surface area contributed by atoms with Crippen molar-refractivity contribution in [3.63, 3.8) is 0 Å². The molecule has 3 nitrogen and oxygen atoms in total. The first-order valence-electron chi connectivity index (χ1n) is 5.81. The highest BCUT2D eigenvalue weighted by atomic mass is 18.1. The Labute approximate surface area is 105 Å². The number of para-hydroxylation sites is 1. The van der Waals surface area contributed by atoms with Crippen molar-refractivity contribution in [2.75, 3.05) is 11.9 Å². The second kappa shape index (κ2) is 3.68. The zero-order valence-electron chi connectivity index (χ0n) is 10.00. The third-order valence-corrected chi connectivity index (χ3v) is 3.46. The largest absolute Gasteiger partial charge is 0.372 e. The van der Waals surface area contributed by atoms with E-state index in [9.17, 15) is 9.90 Å². The molecule has 0 bridgehead atoms. The number of benzene rings is 2. The van der Waals surface area contributed by atoms with Gasteiger partial charge < -0.3 is 10.0 Å². The van der Waals surface area contributed by atoms with Gasteiger partial charge in [0.15, 0.2) is 5.60 Å². The third-order valence-electron chi connectivity index (χ3n) is 3.46. The van der Waals surface area contributed by atoms with Crippen molar-refractivity contribution in [2.24, 2.45) is 0 Å². The van der Waals surface area contributed by atoms with Crippen LogP contribution in [0.1, 0.15) is 11.1 Å². The van der Waals surface area contributed by atoms with Crippen LogP contribution in [0.2, 0.25) is 0 Å². The number of carbonyl (C=O) groups is 1. The number of anilines is 1. The lowest BCUT2D eigenvalue weighted by Crippen LogP contribution is -2.39. The maximum absolute atomic E-state index is 12.4. The molecule has 1 N–H and O–H groups in total. The maximum atomic E-state index is 12.4. The minimum Gasteiger partial charge on any atom is -0.372 e. The van der Waals surface area contributed by atoms with Crippen LogP contribution in [0, 0.1) is 0 Å². The van der Waals surface area contributed by atoms with E-state index in [1.54, 1.807) is 25.2 Å². The summed E-state index contributed by atoms with van der Waals surface area (Å²) in [5.74, 6) is -0.310. The van der Waals surface area contributed by atoms with Crippen molar-refractivity contribution in [1.29, 1.82) is 0 Å². The minimum absolute atomic E-state index is 0.310. The Kier molecular flexibility index (Phi) is 2.25. The fourth-order valence-electron chi connectivity index (χ4n) is 2.50. The lowest BCUT2D eigenvalue weighted by molar-refractivity contribution is -0.131. The number of carbonyl (C=O) groups excluding carboxylic acids is 1. The standard InChI is InChI=1S/C15H13NO2/c1-16-13-10-6-5-9-12(13)15(18,14(16)17)11-7-3-2-4-8-11/h2-10,18H,1H3/i17+2. The molecule has 1 aliphatic rings. The normalized spacial score (nSPS) is 22.1. The fourth-order valence-corrected chi connectivity index (χ4v) is 2.50. The van der Waals surface area contributed by atoms with E-state index in [2.05, 4.69) is 0 Å². The van der Waals surface area contributed by atoms with Gasteiger partial charge in [-0.15, -0.1) is 0 Å². The highest BCUT2D eigenvalue weighted by Gasteiger charge is 2.49. The first kappa shape index (κ1) is 11.0. The zero-order valence-corrected chi connectivity index (χ0v) is 10.00. The summed E-state index contributed by atoms with van der Waals surface area (Å²) in [6, 6.07) is 16.4. The van der Waals surface area contributed by atoms with Crippen molar-refractivity contribution >= 4 is 11.6 Å². The molecule has 0 aliphatic carbocycles. The summed E-state index contributed by atoms with van der Waals surface area (Å²) in [5.41, 5.74) is 0.441. The Morgan fingerprint density at radius 1 is 1.00 bits per heavy atom. The summed E-state index contributed by atoms with van der Waals surface area (Å²) in [6.07, 6.45) is 0. The van der Waals surface area contributed by atoms with Crippen molar-refractivity contribution in [3.8, 4) is 0 Å². The number of nitrogens with zero attached hydrogens (tertiary/aromatic N) is 1. The van der Waals surface area contributed by atoms with Gasteiger partial charge in [-0.25, -0.2) is 0 Å². The lowest BCUT2D eigenvalue weighted by atomic mass is 9.88. The first-order chi connectivity index (χ1) is 8.65. The topological polar surface area (TPSA) is 40.5 Å². The molecule has 0 spiro atoms. The Hall–Kier alpha value is -2.13. The molecule has 1 amide bonds. The van der Waals surface area contributed by atoms with Gasteiger partial charge in [-0.1, -0.05) is 48.5 Å². The number of aliphatic hydroxyl groups is 1. The van der Waals surface area contributed by atoms with Crippen LogP contribution in [0.25, 0.3) is 0 Å². The van der Waals surface area contributed by atoms with Crippen LogP contribution in [0.4, 0.5) is 5.69 Å². The molecular formula is C15H13NO2. The number of likely N-dealkylation sites (N-methyl/N-ethyl adjacent to an activating group) is 1. The van der Waals surface area contributed by atoms with Crippen LogP contribution < -0.4 is 4.90 Å². The molecule has 0 fully saturated rings. The smallest absolute Gasteiger partial charge is 0.268 e. The van der Waals surface area contributed by atoms with Crippen LogP contribution in [0.15, 0.2) is 54.6 Å². The van der Waals surface area contributed by atoms with Gasteiger partial charge in [-0.05, 0) is 11.6 Å². The Morgan fingerprint density at radius 2 is 1.61 bits per heavy atom. The Balaban J connectivity index is 2.27. The second-order valence-electron chi connectivity index (χ2n) is 4.46. The molecule has 1 atom stereocenters. The molecule has 3 rings (SSSR count). The maximum Gasteiger partial charge on any atom is 0.268 e. The van der Waals surface area contributed by atoms with E-state index in [0.29, 0.717) is 11.1 Å². The molecule has 0 saturated heterocycles. The van der Waals surface area contributed by atoms with E-state index >= 15 is 0 Å².